The van der Waals surface area contributed by atoms with Crippen molar-refractivity contribution >= 4 is 11.9 Å². The number of benzene rings is 2. The lowest BCUT2D eigenvalue weighted by Crippen LogP contribution is -2.46. The van der Waals surface area contributed by atoms with E-state index in [1.807, 2.05) is 54.6 Å². The number of aliphatic hydroxyl groups excluding tert-OH is 1. The minimum atomic E-state index is -3.24. The molecule has 1 amide bonds. The number of hydrogen-bond acceptors (Lipinski definition) is 6. The molecule has 0 saturated heterocycles. The molecule has 0 spiro atoms. The predicted molar refractivity (Wildman–Crippen MR) is 129 cm³/mol. The molecule has 0 bridgehead atoms. The summed E-state index contributed by atoms with van der Waals surface area (Å²) in [4.78, 5) is 25.5. The van der Waals surface area contributed by atoms with E-state index in [9.17, 15) is 23.5 Å². The average molecular weight is 501 g/mol. The largest absolute Gasteiger partial charge is 0.456 e. The number of ether oxygens (including phenoxy) is 1. The molecular formula is C26H30F2N4O4. The first-order chi connectivity index (χ1) is 17.0. The van der Waals surface area contributed by atoms with Crippen LogP contribution in [0, 0.1) is 5.41 Å². The van der Waals surface area contributed by atoms with E-state index in [4.69, 9.17) is 4.74 Å². The minimum Gasteiger partial charge on any atom is -0.456 e. The van der Waals surface area contributed by atoms with E-state index in [1.54, 1.807) is 0 Å². The standard InChI is InChI=1S/C26H30F2N4O4/c1-17(26(3,27)28)36-24(35)25(2,16-33)14-21(30-23(34)22-15-29-32-31-22)13-18-9-11-20(12-10-18)19-7-5-4-6-8-19/h4-12,15,17,21,33H,13-14,16H2,1-3H3,(H,30,34)(H,29,31,32)/t17?,21-,25+/m1/s1. The highest BCUT2D eigenvalue weighted by atomic mass is 19.3. The van der Waals surface area contributed by atoms with Crippen LogP contribution in [0.4, 0.5) is 8.78 Å². The molecule has 0 saturated carbocycles. The van der Waals surface area contributed by atoms with Crippen molar-refractivity contribution in [3.63, 3.8) is 0 Å². The molecule has 0 aliphatic carbocycles. The first-order valence-electron chi connectivity index (χ1n) is 11.5. The van der Waals surface area contributed by atoms with Crippen molar-refractivity contribution in [1.29, 1.82) is 0 Å². The molecule has 0 radical (unpaired) electrons. The van der Waals surface area contributed by atoms with E-state index < -0.39 is 42.0 Å². The summed E-state index contributed by atoms with van der Waals surface area (Å²) >= 11 is 0. The van der Waals surface area contributed by atoms with Crippen molar-refractivity contribution in [2.24, 2.45) is 5.41 Å². The number of nitrogens with one attached hydrogen (secondary N) is 2. The quantitative estimate of drug-likeness (QED) is 0.345. The minimum absolute atomic E-state index is 0.0481. The van der Waals surface area contributed by atoms with Crippen molar-refractivity contribution in [3.05, 3.63) is 72.1 Å². The molecule has 192 valence electrons. The summed E-state index contributed by atoms with van der Waals surface area (Å²) in [5.41, 5.74) is 1.44. The van der Waals surface area contributed by atoms with Gasteiger partial charge in [-0.2, -0.15) is 15.4 Å². The molecule has 3 N–H and O–H groups in total. The fourth-order valence-corrected chi connectivity index (χ4v) is 3.66. The Morgan fingerprint density at radius 3 is 2.28 bits per heavy atom. The van der Waals surface area contributed by atoms with E-state index >= 15 is 0 Å². The number of alkyl halides is 2. The van der Waals surface area contributed by atoms with Gasteiger partial charge in [-0.05, 0) is 43.4 Å². The van der Waals surface area contributed by atoms with Gasteiger partial charge in [0, 0.05) is 13.0 Å². The summed E-state index contributed by atoms with van der Waals surface area (Å²) in [5.74, 6) is -4.75. The predicted octanol–water partition coefficient (Wildman–Crippen LogP) is 3.79. The van der Waals surface area contributed by atoms with Crippen LogP contribution in [-0.4, -0.2) is 57.1 Å². The summed E-state index contributed by atoms with van der Waals surface area (Å²) in [6.07, 6.45) is -0.175. The van der Waals surface area contributed by atoms with E-state index in [0.717, 1.165) is 23.6 Å². The maximum atomic E-state index is 13.6. The summed E-state index contributed by atoms with van der Waals surface area (Å²) in [5, 5.41) is 22.6. The Morgan fingerprint density at radius 1 is 1.08 bits per heavy atom. The molecule has 3 rings (SSSR count). The van der Waals surface area contributed by atoms with E-state index in [0.29, 0.717) is 13.3 Å². The van der Waals surface area contributed by atoms with Crippen LogP contribution in [0.15, 0.2) is 60.8 Å². The van der Waals surface area contributed by atoms with Crippen LogP contribution in [0.25, 0.3) is 11.1 Å². The maximum Gasteiger partial charge on any atom is 0.314 e. The highest BCUT2D eigenvalue weighted by molar-refractivity contribution is 5.92. The van der Waals surface area contributed by atoms with Gasteiger partial charge in [-0.25, -0.2) is 8.78 Å². The van der Waals surface area contributed by atoms with Gasteiger partial charge in [-0.15, -0.1) is 0 Å². The zero-order chi connectivity index (χ0) is 26.3. The monoisotopic (exact) mass is 500 g/mol. The molecule has 2 aromatic carbocycles. The zero-order valence-electron chi connectivity index (χ0n) is 20.4. The Kier molecular flexibility index (Phi) is 8.52. The molecule has 0 fully saturated rings. The Labute approximate surface area is 208 Å². The number of halogens is 2. The first kappa shape index (κ1) is 26.9. The van der Waals surface area contributed by atoms with Gasteiger partial charge in [-0.3, -0.25) is 9.59 Å². The zero-order valence-corrected chi connectivity index (χ0v) is 20.4. The number of aromatic amines is 1. The van der Waals surface area contributed by atoms with Gasteiger partial charge in [0.1, 0.15) is 0 Å². The second-order valence-electron chi connectivity index (χ2n) is 9.22. The molecule has 1 heterocycles. The van der Waals surface area contributed by atoms with Crippen molar-refractivity contribution in [3.8, 4) is 11.1 Å². The van der Waals surface area contributed by atoms with Crippen LogP contribution >= 0.6 is 0 Å². The third-order valence-electron chi connectivity index (χ3n) is 6.06. The third kappa shape index (κ3) is 6.94. The maximum absolute atomic E-state index is 13.6. The molecule has 36 heavy (non-hydrogen) atoms. The SMILES string of the molecule is CC(OC(=O)[C@](C)(CO)C[C@@H](Cc1ccc(-c2ccccc2)cc1)NC(=O)c1cn[nH]n1)C(C)(F)F. The topological polar surface area (TPSA) is 117 Å². The molecular weight excluding hydrogens is 470 g/mol. The van der Waals surface area contributed by atoms with Crippen LogP contribution in [0.1, 0.15) is 43.2 Å². The molecule has 3 aromatic rings. The van der Waals surface area contributed by atoms with E-state index in [-0.39, 0.29) is 12.1 Å². The first-order valence-corrected chi connectivity index (χ1v) is 11.5. The van der Waals surface area contributed by atoms with Gasteiger partial charge in [-0.1, -0.05) is 54.6 Å². The van der Waals surface area contributed by atoms with Crippen molar-refractivity contribution < 1.29 is 28.2 Å². The second-order valence-corrected chi connectivity index (χ2v) is 9.22. The highest BCUT2D eigenvalue weighted by Gasteiger charge is 2.42. The number of esters is 1. The van der Waals surface area contributed by atoms with Crippen molar-refractivity contribution in [1.82, 2.24) is 20.7 Å². The van der Waals surface area contributed by atoms with E-state index in [1.165, 1.54) is 13.1 Å². The van der Waals surface area contributed by atoms with Gasteiger partial charge in [0.15, 0.2) is 11.8 Å². The molecule has 10 heteroatoms. The number of rotatable bonds is 11. The number of hydrogen-bond donors (Lipinski definition) is 3. The summed E-state index contributed by atoms with van der Waals surface area (Å²) < 4.78 is 32.2. The molecule has 8 nitrogen and oxygen atoms in total. The molecule has 1 aromatic heterocycles. The molecule has 0 aliphatic rings. The Hall–Kier alpha value is -3.66. The van der Waals surface area contributed by atoms with Crippen LogP contribution in [0.3, 0.4) is 0 Å². The third-order valence-corrected chi connectivity index (χ3v) is 6.06. The molecule has 3 atom stereocenters. The average Bonchev–Trinajstić information content (AvgIpc) is 3.39. The Bertz CT molecular complexity index is 1140. The fraction of sp³-hybridized carbons (Fsp3) is 0.385. The number of H-pyrrole nitrogens is 1. The van der Waals surface area contributed by atoms with Crippen LogP contribution < -0.4 is 5.32 Å². The molecule has 0 aliphatic heterocycles. The smallest absolute Gasteiger partial charge is 0.314 e. The number of amides is 1. The van der Waals surface area contributed by atoms with Gasteiger partial charge in [0.25, 0.3) is 11.8 Å². The number of aliphatic hydroxyl groups is 1. The van der Waals surface area contributed by atoms with Crippen molar-refractivity contribution in [2.45, 2.75) is 51.7 Å². The number of nitrogens with zero attached hydrogens (tertiary/aromatic N) is 2. The van der Waals surface area contributed by atoms with Gasteiger partial charge in [0.05, 0.1) is 18.2 Å². The summed E-state index contributed by atoms with van der Waals surface area (Å²) in [6, 6.07) is 16.9. The number of carbonyl (C=O) groups excluding carboxylic acids is 2. The normalized spacial score (nSPS) is 14.9. The van der Waals surface area contributed by atoms with Crippen LogP contribution in [0.2, 0.25) is 0 Å². The highest BCUT2D eigenvalue weighted by Crippen LogP contribution is 2.30. The van der Waals surface area contributed by atoms with Gasteiger partial charge >= 0.3 is 5.97 Å². The van der Waals surface area contributed by atoms with Gasteiger partial charge in [0.2, 0.25) is 0 Å². The lowest BCUT2D eigenvalue weighted by atomic mass is 9.82. The summed E-state index contributed by atoms with van der Waals surface area (Å²) in [7, 11) is 0. The van der Waals surface area contributed by atoms with Crippen LogP contribution in [-0.2, 0) is 16.0 Å². The van der Waals surface area contributed by atoms with Crippen molar-refractivity contribution in [2.75, 3.05) is 6.61 Å². The van der Waals surface area contributed by atoms with E-state index in [2.05, 4.69) is 20.7 Å². The number of aromatic nitrogens is 3. The van der Waals surface area contributed by atoms with Crippen LogP contribution in [0.5, 0.6) is 0 Å². The number of carbonyl (C=O) groups is 2. The van der Waals surface area contributed by atoms with Gasteiger partial charge < -0.3 is 15.2 Å². The lowest BCUT2D eigenvalue weighted by molar-refractivity contribution is -0.181. The fourth-order valence-electron chi connectivity index (χ4n) is 3.66. The summed E-state index contributed by atoms with van der Waals surface area (Å²) in [6.45, 7) is 2.51. The lowest BCUT2D eigenvalue weighted by Gasteiger charge is -2.32. The Morgan fingerprint density at radius 2 is 1.72 bits per heavy atom. The Balaban J connectivity index is 1.81. The molecule has 1 unspecified atom stereocenters. The second kappa shape index (κ2) is 11.4.